The zero-order chi connectivity index (χ0) is 14.5. The second-order valence-electron chi connectivity index (χ2n) is 4.64. The van der Waals surface area contributed by atoms with E-state index in [4.69, 9.17) is 0 Å². The van der Waals surface area contributed by atoms with E-state index in [1.807, 2.05) is 18.2 Å². The van der Waals surface area contributed by atoms with Gasteiger partial charge in [-0.15, -0.1) is 11.3 Å². The van der Waals surface area contributed by atoms with Gasteiger partial charge in [-0.2, -0.15) is 5.26 Å². The minimum Gasteiger partial charge on any atom is -0.350 e. The summed E-state index contributed by atoms with van der Waals surface area (Å²) in [5, 5.41) is 12.0. The molecule has 4 heteroatoms. The lowest BCUT2D eigenvalue weighted by Gasteiger charge is -2.09. The first-order valence-corrected chi connectivity index (χ1v) is 7.21. The molecule has 0 saturated carbocycles. The first kappa shape index (κ1) is 14.3. The Balaban J connectivity index is 2.02. The minimum atomic E-state index is -0.752. The molecule has 20 heavy (non-hydrogen) atoms. The van der Waals surface area contributed by atoms with Gasteiger partial charge in [0.15, 0.2) is 0 Å². The summed E-state index contributed by atoms with van der Waals surface area (Å²) in [6.07, 6.45) is 0. The third-order valence-electron chi connectivity index (χ3n) is 3.18. The van der Waals surface area contributed by atoms with Gasteiger partial charge in [0.2, 0.25) is 5.91 Å². The van der Waals surface area contributed by atoms with Crippen molar-refractivity contribution in [3.63, 3.8) is 0 Å². The van der Waals surface area contributed by atoms with Crippen LogP contribution in [-0.2, 0) is 11.3 Å². The first-order chi connectivity index (χ1) is 9.61. The zero-order valence-corrected chi connectivity index (χ0v) is 12.3. The summed E-state index contributed by atoms with van der Waals surface area (Å²) >= 11 is 1.67. The molecule has 0 fully saturated rings. The van der Waals surface area contributed by atoms with Gasteiger partial charge in [-0.05, 0) is 31.0 Å². The van der Waals surface area contributed by atoms with E-state index in [2.05, 4.69) is 31.3 Å². The van der Waals surface area contributed by atoms with Crippen LogP contribution in [0.15, 0.2) is 36.4 Å². The molecule has 2 aromatic rings. The second-order valence-corrected chi connectivity index (χ2v) is 5.98. The van der Waals surface area contributed by atoms with Gasteiger partial charge in [-0.25, -0.2) is 0 Å². The van der Waals surface area contributed by atoms with Crippen molar-refractivity contribution in [1.82, 2.24) is 5.32 Å². The average molecular weight is 284 g/mol. The molecule has 0 radical (unpaired) electrons. The molecule has 1 unspecified atom stereocenters. The molecule has 1 atom stereocenters. The predicted octanol–water partition coefficient (Wildman–Crippen LogP) is 3.29. The second kappa shape index (κ2) is 6.36. The standard InChI is InChI=1S/C16H16N2OS/c1-11-8-14(20-12(11)2)10-18-16(19)15(9-17)13-6-4-3-5-7-13/h3-8,15H,10H2,1-2H3,(H,18,19). The molecule has 1 aromatic heterocycles. The summed E-state index contributed by atoms with van der Waals surface area (Å²) < 4.78 is 0. The number of rotatable bonds is 4. The zero-order valence-electron chi connectivity index (χ0n) is 11.5. The summed E-state index contributed by atoms with van der Waals surface area (Å²) in [7, 11) is 0. The molecule has 0 bridgehead atoms. The highest BCUT2D eigenvalue weighted by Gasteiger charge is 2.19. The lowest BCUT2D eigenvalue weighted by Crippen LogP contribution is -2.27. The van der Waals surface area contributed by atoms with Gasteiger partial charge in [0, 0.05) is 9.75 Å². The van der Waals surface area contributed by atoms with Crippen molar-refractivity contribution >= 4 is 17.2 Å². The van der Waals surface area contributed by atoms with Crippen molar-refractivity contribution in [3.8, 4) is 6.07 Å². The Labute approximate surface area is 122 Å². The number of thiophene rings is 1. The summed E-state index contributed by atoms with van der Waals surface area (Å²) in [4.78, 5) is 14.5. The van der Waals surface area contributed by atoms with E-state index in [1.54, 1.807) is 23.5 Å². The van der Waals surface area contributed by atoms with Gasteiger partial charge in [-0.3, -0.25) is 4.79 Å². The third kappa shape index (κ3) is 3.25. The van der Waals surface area contributed by atoms with Crippen molar-refractivity contribution in [1.29, 1.82) is 5.26 Å². The van der Waals surface area contributed by atoms with Crippen LogP contribution in [0.1, 0.15) is 26.8 Å². The number of hydrogen-bond donors (Lipinski definition) is 1. The Hall–Kier alpha value is -2.12. The largest absolute Gasteiger partial charge is 0.350 e. The van der Waals surface area contributed by atoms with Gasteiger partial charge in [-0.1, -0.05) is 30.3 Å². The number of nitrogens with zero attached hydrogens (tertiary/aromatic N) is 1. The summed E-state index contributed by atoms with van der Waals surface area (Å²) in [5.41, 5.74) is 1.96. The maximum absolute atomic E-state index is 12.1. The highest BCUT2D eigenvalue weighted by molar-refractivity contribution is 7.12. The predicted molar refractivity (Wildman–Crippen MR) is 80.4 cm³/mol. The number of amides is 1. The molecule has 1 amide bonds. The van der Waals surface area contributed by atoms with E-state index < -0.39 is 5.92 Å². The van der Waals surface area contributed by atoms with Crippen molar-refractivity contribution in [2.75, 3.05) is 0 Å². The molecule has 0 aliphatic heterocycles. The molecular formula is C16H16N2OS. The molecule has 3 nitrogen and oxygen atoms in total. The van der Waals surface area contributed by atoms with Crippen LogP contribution in [-0.4, -0.2) is 5.91 Å². The Bertz CT molecular complexity index is 621. The number of benzene rings is 1. The lowest BCUT2D eigenvalue weighted by molar-refractivity contribution is -0.121. The molecule has 0 spiro atoms. The molecule has 1 aromatic carbocycles. The topological polar surface area (TPSA) is 52.9 Å². The number of hydrogen-bond acceptors (Lipinski definition) is 3. The van der Waals surface area contributed by atoms with Crippen LogP contribution >= 0.6 is 11.3 Å². The van der Waals surface area contributed by atoms with E-state index in [9.17, 15) is 10.1 Å². The first-order valence-electron chi connectivity index (χ1n) is 6.40. The van der Waals surface area contributed by atoms with E-state index in [-0.39, 0.29) is 5.91 Å². The average Bonchev–Trinajstić information content (AvgIpc) is 2.78. The van der Waals surface area contributed by atoms with Gasteiger partial charge >= 0.3 is 0 Å². The molecule has 102 valence electrons. The van der Waals surface area contributed by atoms with Crippen LogP contribution in [0, 0.1) is 25.2 Å². The van der Waals surface area contributed by atoms with Crippen molar-refractivity contribution in [2.45, 2.75) is 26.3 Å². The molecule has 1 N–H and O–H groups in total. The van der Waals surface area contributed by atoms with Gasteiger partial charge in [0.1, 0.15) is 5.92 Å². The highest BCUT2D eigenvalue weighted by atomic mass is 32.1. The smallest absolute Gasteiger partial charge is 0.242 e. The Morgan fingerprint density at radius 2 is 2.05 bits per heavy atom. The van der Waals surface area contributed by atoms with Crippen LogP contribution in [0.25, 0.3) is 0 Å². The fourth-order valence-electron chi connectivity index (χ4n) is 1.94. The summed E-state index contributed by atoms with van der Waals surface area (Å²) in [5.74, 6) is -0.999. The SMILES string of the molecule is Cc1cc(CNC(=O)C(C#N)c2ccccc2)sc1C. The fraction of sp³-hybridized carbons (Fsp3) is 0.250. The van der Waals surface area contributed by atoms with Crippen molar-refractivity contribution in [3.05, 3.63) is 57.3 Å². The number of aryl methyl sites for hydroxylation is 2. The molecule has 0 aliphatic rings. The van der Waals surface area contributed by atoms with E-state index >= 15 is 0 Å². The van der Waals surface area contributed by atoms with Gasteiger partial charge < -0.3 is 5.32 Å². The number of nitrogens with one attached hydrogen (secondary N) is 1. The van der Waals surface area contributed by atoms with Crippen LogP contribution < -0.4 is 5.32 Å². The Kier molecular flexibility index (Phi) is 4.54. The number of carbonyl (C=O) groups is 1. The maximum atomic E-state index is 12.1. The van der Waals surface area contributed by atoms with Crippen LogP contribution in [0.4, 0.5) is 0 Å². The van der Waals surface area contributed by atoms with Crippen LogP contribution in [0.3, 0.4) is 0 Å². The molecule has 1 heterocycles. The normalized spacial score (nSPS) is 11.7. The minimum absolute atomic E-state index is 0.248. The molecular weight excluding hydrogens is 268 g/mol. The maximum Gasteiger partial charge on any atom is 0.242 e. The molecule has 0 aliphatic carbocycles. The van der Waals surface area contributed by atoms with E-state index in [0.29, 0.717) is 6.54 Å². The fourth-order valence-corrected chi connectivity index (χ4v) is 2.94. The van der Waals surface area contributed by atoms with E-state index in [1.165, 1.54) is 10.4 Å². The monoisotopic (exact) mass is 284 g/mol. The third-order valence-corrected chi connectivity index (χ3v) is 4.33. The Morgan fingerprint density at radius 1 is 1.35 bits per heavy atom. The van der Waals surface area contributed by atoms with Crippen LogP contribution in [0.2, 0.25) is 0 Å². The molecule has 0 saturated heterocycles. The van der Waals surface area contributed by atoms with Crippen LogP contribution in [0.5, 0.6) is 0 Å². The van der Waals surface area contributed by atoms with Gasteiger partial charge in [0.05, 0.1) is 12.6 Å². The van der Waals surface area contributed by atoms with Gasteiger partial charge in [0.25, 0.3) is 0 Å². The number of nitriles is 1. The molecule has 2 rings (SSSR count). The lowest BCUT2D eigenvalue weighted by atomic mass is 10.00. The van der Waals surface area contributed by atoms with Crippen molar-refractivity contribution in [2.24, 2.45) is 0 Å². The highest BCUT2D eigenvalue weighted by Crippen LogP contribution is 2.21. The Morgan fingerprint density at radius 3 is 2.60 bits per heavy atom. The summed E-state index contributed by atoms with van der Waals surface area (Å²) in [6, 6.07) is 13.3. The van der Waals surface area contributed by atoms with E-state index in [0.717, 1.165) is 10.4 Å². The number of carbonyl (C=O) groups excluding carboxylic acids is 1. The van der Waals surface area contributed by atoms with Crippen molar-refractivity contribution < 1.29 is 4.79 Å². The summed E-state index contributed by atoms with van der Waals surface area (Å²) in [6.45, 7) is 4.59. The quantitative estimate of drug-likeness (QED) is 0.936.